The average molecular weight is 346 g/mol. The van der Waals surface area contributed by atoms with Crippen molar-refractivity contribution in [3.63, 3.8) is 0 Å². The average Bonchev–Trinajstić information content (AvgIpc) is 2.52. The van der Waals surface area contributed by atoms with Crippen LogP contribution in [0.25, 0.3) is 11.0 Å². The zero-order chi connectivity index (χ0) is 14.5. The van der Waals surface area contributed by atoms with E-state index in [4.69, 9.17) is 11.6 Å². The van der Waals surface area contributed by atoms with Gasteiger partial charge in [0, 0.05) is 18.6 Å². The number of hydrogen-bond acceptors (Lipinski definition) is 1. The minimum absolute atomic E-state index is 0.0269. The van der Waals surface area contributed by atoms with Crippen molar-refractivity contribution in [1.29, 1.82) is 0 Å². The predicted molar refractivity (Wildman–Crippen MR) is 83.9 cm³/mol. The zero-order valence-corrected chi connectivity index (χ0v) is 14.1. The van der Waals surface area contributed by atoms with E-state index >= 15 is 0 Å². The lowest BCUT2D eigenvalue weighted by Crippen LogP contribution is -2.19. The van der Waals surface area contributed by atoms with Crippen molar-refractivity contribution >= 4 is 38.6 Å². The van der Waals surface area contributed by atoms with Gasteiger partial charge in [-0.15, -0.1) is 11.6 Å². The topological polar surface area (TPSA) is 26.9 Å². The summed E-state index contributed by atoms with van der Waals surface area (Å²) in [7, 11) is 3.56. The second-order valence-electron chi connectivity index (χ2n) is 5.99. The van der Waals surface area contributed by atoms with Gasteiger partial charge >= 0.3 is 5.69 Å². The molecule has 0 spiro atoms. The summed E-state index contributed by atoms with van der Waals surface area (Å²) in [6, 6.07) is 3.97. The number of hydrogen-bond donors (Lipinski definition) is 0. The lowest BCUT2D eigenvalue weighted by atomic mass is 9.87. The number of fused-ring (bicyclic) bond motifs is 1. The largest absolute Gasteiger partial charge is 0.328 e. The molecule has 0 radical (unpaired) electrons. The van der Waals surface area contributed by atoms with E-state index in [1.165, 1.54) is 0 Å². The standard InChI is InChI=1S/C14H18BrClN2O/c1-14(2,3)12(16)8-6-10-11(7-9(8)15)18(5)13(19)17(10)4/h6-7,12H,1-5H3. The number of imidazole rings is 1. The van der Waals surface area contributed by atoms with Gasteiger partial charge in [-0.3, -0.25) is 9.13 Å². The molecule has 0 bridgehead atoms. The molecule has 0 N–H and O–H groups in total. The molecule has 0 fully saturated rings. The van der Waals surface area contributed by atoms with Crippen LogP contribution in [0, 0.1) is 5.41 Å². The van der Waals surface area contributed by atoms with Crippen LogP contribution in [0.2, 0.25) is 0 Å². The first kappa shape index (κ1) is 14.7. The van der Waals surface area contributed by atoms with Gasteiger partial charge in [-0.05, 0) is 23.1 Å². The van der Waals surface area contributed by atoms with Crippen molar-refractivity contribution in [2.24, 2.45) is 19.5 Å². The first-order valence-electron chi connectivity index (χ1n) is 6.13. The molecular formula is C14H18BrClN2O. The number of aromatic nitrogens is 2. The summed E-state index contributed by atoms with van der Waals surface area (Å²) in [4.78, 5) is 12.0. The van der Waals surface area contributed by atoms with Gasteiger partial charge < -0.3 is 0 Å². The van der Waals surface area contributed by atoms with Crippen molar-refractivity contribution in [2.75, 3.05) is 0 Å². The third-order valence-corrected chi connectivity index (χ3v) is 5.00. The lowest BCUT2D eigenvalue weighted by molar-refractivity contribution is 0.395. The second-order valence-corrected chi connectivity index (χ2v) is 7.28. The Morgan fingerprint density at radius 2 is 1.63 bits per heavy atom. The molecule has 0 aliphatic carbocycles. The minimum Gasteiger partial charge on any atom is -0.295 e. The van der Waals surface area contributed by atoms with Crippen LogP contribution in [-0.4, -0.2) is 9.13 Å². The van der Waals surface area contributed by atoms with E-state index in [1.54, 1.807) is 23.2 Å². The predicted octanol–water partition coefficient (Wildman–Crippen LogP) is 3.97. The van der Waals surface area contributed by atoms with Crippen LogP contribution >= 0.6 is 27.5 Å². The van der Waals surface area contributed by atoms with Crippen molar-refractivity contribution in [3.05, 3.63) is 32.7 Å². The molecule has 2 aromatic rings. The maximum absolute atomic E-state index is 12.0. The van der Waals surface area contributed by atoms with Crippen LogP contribution in [0.5, 0.6) is 0 Å². The fourth-order valence-corrected chi connectivity index (χ4v) is 3.07. The van der Waals surface area contributed by atoms with E-state index in [1.807, 2.05) is 12.1 Å². The Balaban J connectivity index is 2.76. The molecule has 0 amide bonds. The summed E-state index contributed by atoms with van der Waals surface area (Å²) >= 11 is 10.1. The van der Waals surface area contributed by atoms with Crippen molar-refractivity contribution < 1.29 is 0 Å². The quantitative estimate of drug-likeness (QED) is 0.719. The number of aryl methyl sites for hydroxylation is 2. The smallest absolute Gasteiger partial charge is 0.295 e. The van der Waals surface area contributed by atoms with Crippen molar-refractivity contribution in [2.45, 2.75) is 26.1 Å². The van der Waals surface area contributed by atoms with Crippen LogP contribution in [-0.2, 0) is 14.1 Å². The summed E-state index contributed by atoms with van der Waals surface area (Å²) in [6.07, 6.45) is 0. The van der Waals surface area contributed by atoms with E-state index in [0.717, 1.165) is 21.1 Å². The summed E-state index contributed by atoms with van der Waals surface area (Å²) in [5.74, 6) is 0. The van der Waals surface area contributed by atoms with Gasteiger partial charge in [0.2, 0.25) is 0 Å². The summed E-state index contributed by atoms with van der Waals surface area (Å²) in [5, 5.41) is -0.124. The molecule has 1 unspecified atom stereocenters. The van der Waals surface area contributed by atoms with Gasteiger partial charge in [0.15, 0.2) is 0 Å². The van der Waals surface area contributed by atoms with Gasteiger partial charge in [-0.25, -0.2) is 4.79 Å². The van der Waals surface area contributed by atoms with Crippen molar-refractivity contribution in [3.8, 4) is 0 Å². The fourth-order valence-electron chi connectivity index (χ4n) is 2.20. The molecule has 104 valence electrons. The molecular weight excluding hydrogens is 328 g/mol. The van der Waals surface area contributed by atoms with Crippen LogP contribution in [0.1, 0.15) is 31.7 Å². The first-order chi connectivity index (χ1) is 8.64. The number of benzene rings is 1. The van der Waals surface area contributed by atoms with E-state index in [-0.39, 0.29) is 16.5 Å². The highest BCUT2D eigenvalue weighted by Gasteiger charge is 2.26. The monoisotopic (exact) mass is 344 g/mol. The SMILES string of the molecule is Cn1c(=O)n(C)c2cc(C(Cl)C(C)(C)C)c(Br)cc21. The number of rotatable bonds is 1. The molecule has 0 aliphatic rings. The fraction of sp³-hybridized carbons (Fsp3) is 0.500. The molecule has 3 nitrogen and oxygen atoms in total. The Morgan fingerprint density at radius 3 is 2.11 bits per heavy atom. The van der Waals surface area contributed by atoms with Gasteiger partial charge in [0.25, 0.3) is 0 Å². The lowest BCUT2D eigenvalue weighted by Gasteiger charge is -2.26. The highest BCUT2D eigenvalue weighted by Crippen LogP contribution is 2.42. The maximum Gasteiger partial charge on any atom is 0.328 e. The van der Waals surface area contributed by atoms with Crippen LogP contribution in [0.3, 0.4) is 0 Å². The summed E-state index contributed by atoms with van der Waals surface area (Å²) in [5.41, 5.74) is 2.75. The highest BCUT2D eigenvalue weighted by molar-refractivity contribution is 9.10. The van der Waals surface area contributed by atoms with Crippen LogP contribution in [0.15, 0.2) is 21.4 Å². The highest BCUT2D eigenvalue weighted by atomic mass is 79.9. The molecule has 5 heteroatoms. The minimum atomic E-state index is -0.124. The zero-order valence-electron chi connectivity index (χ0n) is 11.8. The molecule has 0 saturated heterocycles. The molecule has 0 aliphatic heterocycles. The van der Waals surface area contributed by atoms with E-state index in [9.17, 15) is 4.79 Å². The molecule has 1 aromatic heterocycles. The summed E-state index contributed by atoms with van der Waals surface area (Å²) < 4.78 is 4.23. The van der Waals surface area contributed by atoms with Gasteiger partial charge in [-0.1, -0.05) is 36.7 Å². The summed E-state index contributed by atoms with van der Waals surface area (Å²) in [6.45, 7) is 6.31. The van der Waals surface area contributed by atoms with E-state index in [0.29, 0.717) is 0 Å². The molecule has 0 saturated carbocycles. The normalized spacial score (nSPS) is 14.1. The first-order valence-corrected chi connectivity index (χ1v) is 7.36. The third-order valence-electron chi connectivity index (χ3n) is 3.42. The Kier molecular flexibility index (Phi) is 3.60. The third kappa shape index (κ3) is 2.36. The van der Waals surface area contributed by atoms with Crippen LogP contribution in [0.4, 0.5) is 0 Å². The number of nitrogens with zero attached hydrogens (tertiary/aromatic N) is 2. The Morgan fingerprint density at radius 1 is 1.16 bits per heavy atom. The Hall–Kier alpha value is -0.740. The van der Waals surface area contributed by atoms with Gasteiger partial charge in [0.1, 0.15) is 0 Å². The molecule has 1 atom stereocenters. The number of alkyl halides is 1. The molecule has 1 aromatic carbocycles. The van der Waals surface area contributed by atoms with Crippen molar-refractivity contribution in [1.82, 2.24) is 9.13 Å². The van der Waals surface area contributed by atoms with E-state index in [2.05, 4.69) is 36.7 Å². The van der Waals surface area contributed by atoms with E-state index < -0.39 is 0 Å². The Bertz CT molecular complexity index is 694. The molecule has 19 heavy (non-hydrogen) atoms. The number of halogens is 2. The van der Waals surface area contributed by atoms with Gasteiger partial charge in [-0.2, -0.15) is 0 Å². The Labute approximate surface area is 126 Å². The maximum atomic E-state index is 12.0. The van der Waals surface area contributed by atoms with Gasteiger partial charge in [0.05, 0.1) is 16.4 Å². The van der Waals surface area contributed by atoms with Crippen LogP contribution < -0.4 is 5.69 Å². The second kappa shape index (κ2) is 4.67. The molecule has 1 heterocycles. The molecule has 2 rings (SSSR count).